The Morgan fingerprint density at radius 2 is 0.884 bits per heavy atom. The molecular weight excluding hydrogens is 1530 g/mol. The van der Waals surface area contributed by atoms with E-state index in [0.717, 1.165) is 135 Å². The first kappa shape index (κ1) is 119. The number of ether oxygens (including phenoxy) is 9. The van der Waals surface area contributed by atoms with Gasteiger partial charge in [-0.15, -0.1) is 11.8 Å². The fourth-order valence-electron chi connectivity index (χ4n) is 14.9. The summed E-state index contributed by atoms with van der Waals surface area (Å²) < 4.78 is 51.2. The van der Waals surface area contributed by atoms with E-state index in [-0.39, 0.29) is 121 Å². The normalized spacial score (nSPS) is 26.4. The van der Waals surface area contributed by atoms with E-state index < -0.39 is 0 Å². The van der Waals surface area contributed by atoms with Gasteiger partial charge in [-0.05, 0) is 206 Å². The lowest BCUT2D eigenvalue weighted by atomic mass is 9.86. The fourth-order valence-corrected chi connectivity index (χ4v) is 16.0. The summed E-state index contributed by atoms with van der Waals surface area (Å²) in [4.78, 5) is 54.0. The maximum atomic E-state index is 11.8. The molecule has 0 saturated carbocycles. The SMILES string of the molecule is [B]CC(=O)N(CCC(C)C)CC(=O)NC(C)C.[B][C@H]1CC(CC(=O)NCC(C)C)[C@@H](CC(C)C)O1.[B][C@H]1CC(CN(C)OCC(C)C)[C@@H](CC(C)C)O1.[B][C@H]1CC(OCOCC(C)C)[C@@H](CC(C)C)O1.[B][C@H]1CC(SCOCC(C)C)[C@@H](CC(C)C)O1.[B][C@H]1C[C@@H](CCNC(C)C)[C@@H](CC(C)C)O1.[B][C@H]1C[C@@H](NC(=O)CCC(C)C)[C@@H](CC(C)C)O1. The van der Waals surface area contributed by atoms with Crippen molar-refractivity contribution in [3.05, 3.63) is 0 Å². The van der Waals surface area contributed by atoms with Crippen molar-refractivity contribution in [2.24, 2.45) is 88.8 Å². The lowest BCUT2D eigenvalue weighted by molar-refractivity contribution is -0.158. The summed E-state index contributed by atoms with van der Waals surface area (Å²) in [5.74, 6) is 9.04. The first-order valence-corrected chi connectivity index (χ1v) is 48.3. The zero-order valence-corrected chi connectivity index (χ0v) is 83.2. The number of nitrogens with one attached hydrogen (secondary N) is 4. The molecule has 0 aromatic heterocycles. The van der Waals surface area contributed by atoms with E-state index in [1.165, 1.54) is 11.3 Å². The molecule has 4 N–H and O–H groups in total. The first-order chi connectivity index (χ1) is 56.5. The number of amides is 4. The molecule has 692 valence electrons. The Hall–Kier alpha value is -1.80. The zero-order chi connectivity index (χ0) is 92.3. The molecule has 6 rings (SSSR count). The van der Waals surface area contributed by atoms with E-state index in [9.17, 15) is 19.2 Å². The van der Waals surface area contributed by atoms with Crippen LogP contribution in [0.5, 0.6) is 0 Å². The highest BCUT2D eigenvalue weighted by Crippen LogP contribution is 2.36. The van der Waals surface area contributed by atoms with E-state index in [1.807, 2.05) is 37.7 Å². The van der Waals surface area contributed by atoms with E-state index in [1.54, 1.807) is 0 Å². The van der Waals surface area contributed by atoms with Gasteiger partial charge in [-0.25, -0.2) is 0 Å². The largest absolute Gasteiger partial charge is 0.384 e. The third kappa shape index (κ3) is 62.2. The predicted octanol–water partition coefficient (Wildman–Crippen LogP) is 15.5. The molecular formula is C93H179B7N6O14S. The molecule has 18 atom stereocenters. The van der Waals surface area contributed by atoms with E-state index in [4.69, 9.17) is 102 Å². The van der Waals surface area contributed by atoms with E-state index in [2.05, 4.69) is 201 Å². The fraction of sp³-hybridized carbons (Fsp3) is 0.957. The quantitative estimate of drug-likeness (QED) is 0.0193. The monoisotopic (exact) mass is 1710 g/mol. The maximum absolute atomic E-state index is 11.8. The molecule has 4 amide bonds. The second-order valence-corrected chi connectivity index (χ2v) is 41.9. The number of hydrogen-bond donors (Lipinski definition) is 4. The van der Waals surface area contributed by atoms with E-state index in [0.29, 0.717) is 133 Å². The summed E-state index contributed by atoms with van der Waals surface area (Å²) in [6, 6.07) is -0.0925. The Kier molecular flexibility index (Phi) is 66.4. The lowest BCUT2D eigenvalue weighted by Gasteiger charge is -2.25. The van der Waals surface area contributed by atoms with E-state index >= 15 is 0 Å². The van der Waals surface area contributed by atoms with Gasteiger partial charge in [0.2, 0.25) is 23.6 Å². The summed E-state index contributed by atoms with van der Waals surface area (Å²) in [7, 11) is 42.4. The minimum atomic E-state index is -0.232. The number of rotatable bonds is 46. The molecule has 6 heterocycles. The van der Waals surface area contributed by atoms with Gasteiger partial charge < -0.3 is 68.8 Å². The van der Waals surface area contributed by atoms with Gasteiger partial charge in [-0.3, -0.25) is 24.0 Å². The Balaban J connectivity index is 0.00000139. The van der Waals surface area contributed by atoms with Gasteiger partial charge in [0.15, 0.2) is 0 Å². The highest BCUT2D eigenvalue weighted by Gasteiger charge is 2.39. The van der Waals surface area contributed by atoms with Gasteiger partial charge in [0.1, 0.15) is 53.9 Å². The van der Waals surface area contributed by atoms with Crippen LogP contribution in [0.25, 0.3) is 0 Å². The van der Waals surface area contributed by atoms with Gasteiger partial charge in [-0.1, -0.05) is 180 Å². The highest BCUT2D eigenvalue weighted by atomic mass is 32.2. The molecule has 28 heteroatoms. The third-order valence-electron chi connectivity index (χ3n) is 20.8. The standard InChI is InChI=1S/C14H28BNO2.2C14H26BNO2.C13H26BNO.C13H25BO3.C13H25BO2S.C12H23BN2O2/c1-10(2)6-13-12(7-14(15)18-13)8-16(5)17-9-11(3)4;1-9(2)5-12-11(6-13(15)18-12)7-14(17)16-8-10(3)4;1-9(2)5-6-14(17)16-11-8-13(15)18-12(11)7-10(3)4;1-9(2)7-12-11(8-13(14)16-12)5-6-15-10(3)4;1-9(2)5-12-11(6-13(14)17-12)16-8-15-7-10(3)4;1-9(2)5-11-12(6-13(14)16-11)17-8-15-7-10(3)4;1-9(2)5-6-15(12(17)7-13)8-11(16)14-10(3)4/h10-14H,6-9H2,1-5H3;2*9-13H,5-8H2,1-4H3,(H,16,17);9-13,15H,5-8H2,1-4H3;2*9-13H,5-8H2,1-4H3;9-10H,5-8H2,1-4H3,(H,14,16)/t12?,13-,14-;11?,12-,13-;2*11-,12-,13-;11?,12-,13-;11-,12?,13-;/m111111./s1. The van der Waals surface area contributed by atoms with Crippen LogP contribution >= 0.6 is 11.8 Å². The van der Waals surface area contributed by atoms with Gasteiger partial charge in [-0.2, -0.15) is 5.06 Å². The summed E-state index contributed by atoms with van der Waals surface area (Å²) in [5, 5.41) is 14.7. The molecule has 4 unspecified atom stereocenters. The smallest absolute Gasteiger partial charge is 0.239 e. The number of hydroxylamine groups is 2. The summed E-state index contributed by atoms with van der Waals surface area (Å²) in [6.45, 7) is 66.1. The van der Waals surface area contributed by atoms with Crippen molar-refractivity contribution in [3.63, 3.8) is 0 Å². The van der Waals surface area contributed by atoms with Crippen LogP contribution in [0.4, 0.5) is 0 Å². The van der Waals surface area contributed by atoms with Crippen molar-refractivity contribution in [2.75, 3.05) is 72.3 Å². The highest BCUT2D eigenvalue weighted by molar-refractivity contribution is 7.99. The van der Waals surface area contributed by atoms with Crippen LogP contribution in [0.1, 0.15) is 303 Å². The second kappa shape index (κ2) is 67.4. The van der Waals surface area contributed by atoms with Crippen LogP contribution in [-0.2, 0) is 66.6 Å². The minimum absolute atomic E-state index is 0.0344. The zero-order valence-electron chi connectivity index (χ0n) is 82.3. The summed E-state index contributed by atoms with van der Waals surface area (Å²) in [6.07, 6.45) is 16.9. The van der Waals surface area contributed by atoms with Crippen LogP contribution < -0.4 is 21.3 Å². The van der Waals surface area contributed by atoms with Gasteiger partial charge in [0.25, 0.3) is 0 Å². The second-order valence-electron chi connectivity index (χ2n) is 40.8. The first-order valence-electron chi connectivity index (χ1n) is 47.2. The predicted molar refractivity (Wildman–Crippen MR) is 508 cm³/mol. The Bertz CT molecular complexity index is 2500. The maximum Gasteiger partial charge on any atom is 0.239 e. The average molecular weight is 1710 g/mol. The van der Waals surface area contributed by atoms with Crippen molar-refractivity contribution in [1.29, 1.82) is 0 Å². The lowest BCUT2D eigenvalue weighted by Crippen LogP contribution is -2.43. The number of thioether (sulfide) groups is 1. The average Bonchev–Trinajstić information content (AvgIpc) is 1.77. The Morgan fingerprint density at radius 1 is 0.446 bits per heavy atom. The summed E-state index contributed by atoms with van der Waals surface area (Å²) in [5.41, 5.74) is 0. The van der Waals surface area contributed by atoms with Gasteiger partial charge in [0.05, 0.1) is 82.3 Å². The molecule has 14 radical (unpaired) electrons. The molecule has 0 aromatic rings. The van der Waals surface area contributed by atoms with Gasteiger partial charge in [0, 0.05) is 105 Å². The minimum Gasteiger partial charge on any atom is -0.384 e. The van der Waals surface area contributed by atoms with Crippen molar-refractivity contribution >= 4 is 90.3 Å². The van der Waals surface area contributed by atoms with Crippen LogP contribution in [0.3, 0.4) is 0 Å². The molecule has 20 nitrogen and oxygen atoms in total. The van der Waals surface area contributed by atoms with Crippen molar-refractivity contribution in [1.82, 2.24) is 31.2 Å². The molecule has 6 aliphatic heterocycles. The van der Waals surface area contributed by atoms with Crippen molar-refractivity contribution in [2.45, 2.75) is 411 Å². The number of carbonyl (C=O) groups excluding carboxylic acids is 4. The molecule has 6 saturated heterocycles. The van der Waals surface area contributed by atoms with Crippen LogP contribution in [0, 0.1) is 88.8 Å². The van der Waals surface area contributed by atoms with Crippen molar-refractivity contribution in [3.8, 4) is 0 Å². The van der Waals surface area contributed by atoms with Crippen LogP contribution in [0.15, 0.2) is 0 Å². The Morgan fingerprint density at radius 3 is 1.38 bits per heavy atom. The number of nitrogens with zero attached hydrogens (tertiary/aromatic N) is 2. The topological polar surface area (TPSA) is 215 Å². The van der Waals surface area contributed by atoms with Gasteiger partial charge >= 0.3 is 0 Å². The number of hydrogen-bond acceptors (Lipinski definition) is 17. The summed E-state index contributed by atoms with van der Waals surface area (Å²) >= 11 is 1.85. The molecule has 6 fully saturated rings. The molecule has 121 heavy (non-hydrogen) atoms. The Labute approximate surface area is 756 Å². The van der Waals surface area contributed by atoms with Crippen molar-refractivity contribution < 1.29 is 66.6 Å². The third-order valence-corrected chi connectivity index (χ3v) is 22.0. The molecule has 0 bridgehead atoms. The van der Waals surface area contributed by atoms with Crippen LogP contribution in [-0.4, -0.2) is 263 Å². The number of carbonyl (C=O) groups is 4. The molecule has 0 aromatic carbocycles. The molecule has 0 spiro atoms. The molecule has 6 aliphatic rings. The van der Waals surface area contributed by atoms with Crippen LogP contribution in [0.2, 0.25) is 6.32 Å². The molecule has 0 aliphatic carbocycles.